The van der Waals surface area contributed by atoms with Crippen molar-refractivity contribution in [3.8, 4) is 5.75 Å². The van der Waals surface area contributed by atoms with Crippen LogP contribution in [0.4, 0.5) is 5.69 Å². The van der Waals surface area contributed by atoms with Gasteiger partial charge in [0.2, 0.25) is 5.91 Å². The lowest BCUT2D eigenvalue weighted by Gasteiger charge is -2.32. The van der Waals surface area contributed by atoms with Crippen molar-refractivity contribution < 1.29 is 9.53 Å². The predicted molar refractivity (Wildman–Crippen MR) is 111 cm³/mol. The topological polar surface area (TPSA) is 41.6 Å². The molecule has 0 radical (unpaired) electrons. The molecule has 2 aromatic rings. The summed E-state index contributed by atoms with van der Waals surface area (Å²) in [6.07, 6.45) is 1.89. The minimum absolute atomic E-state index is 0.0311. The van der Waals surface area contributed by atoms with Crippen molar-refractivity contribution in [3.63, 3.8) is 0 Å². The van der Waals surface area contributed by atoms with Crippen LogP contribution in [0, 0.1) is 5.92 Å². The van der Waals surface area contributed by atoms with Crippen molar-refractivity contribution in [2.45, 2.75) is 26.3 Å². The zero-order chi connectivity index (χ0) is 19.2. The minimum atomic E-state index is -0.0311. The summed E-state index contributed by atoms with van der Waals surface area (Å²) in [5, 5.41) is 4.32. The van der Waals surface area contributed by atoms with Gasteiger partial charge in [0, 0.05) is 28.8 Å². The van der Waals surface area contributed by atoms with Crippen molar-refractivity contribution in [1.82, 2.24) is 4.90 Å². The van der Waals surface area contributed by atoms with Crippen LogP contribution < -0.4 is 10.1 Å². The van der Waals surface area contributed by atoms with E-state index in [0.29, 0.717) is 16.7 Å². The average molecular weight is 407 g/mol. The van der Waals surface area contributed by atoms with E-state index in [2.05, 4.69) is 10.2 Å². The van der Waals surface area contributed by atoms with Crippen molar-refractivity contribution in [1.29, 1.82) is 0 Å². The average Bonchev–Trinajstić information content (AvgIpc) is 2.66. The maximum absolute atomic E-state index is 12.7. The van der Waals surface area contributed by atoms with Crippen molar-refractivity contribution in [3.05, 3.63) is 58.1 Å². The molecule has 0 aromatic heterocycles. The van der Waals surface area contributed by atoms with Gasteiger partial charge in [-0.15, -0.1) is 0 Å². The van der Waals surface area contributed by atoms with Gasteiger partial charge in [0.1, 0.15) is 5.75 Å². The van der Waals surface area contributed by atoms with Gasteiger partial charge in [0.05, 0.1) is 12.5 Å². The van der Waals surface area contributed by atoms with E-state index in [9.17, 15) is 4.79 Å². The molecule has 1 fully saturated rings. The number of likely N-dealkylation sites (tertiary alicyclic amines) is 1. The Bertz CT molecular complexity index is 780. The summed E-state index contributed by atoms with van der Waals surface area (Å²) in [5.74, 6) is 0.835. The molecule has 1 N–H and O–H groups in total. The van der Waals surface area contributed by atoms with Gasteiger partial charge >= 0.3 is 0 Å². The fourth-order valence-corrected chi connectivity index (χ4v) is 3.82. The Kier molecular flexibility index (Phi) is 7.00. The molecule has 1 aliphatic rings. The Morgan fingerprint density at radius 3 is 2.70 bits per heavy atom. The predicted octanol–water partition coefficient (Wildman–Crippen LogP) is 5.24. The van der Waals surface area contributed by atoms with Crippen LogP contribution in [0.15, 0.2) is 42.5 Å². The van der Waals surface area contributed by atoms with Crippen LogP contribution in [-0.4, -0.2) is 30.5 Å². The van der Waals surface area contributed by atoms with Crippen LogP contribution in [0.5, 0.6) is 5.75 Å². The van der Waals surface area contributed by atoms with Crippen molar-refractivity contribution >= 4 is 34.8 Å². The van der Waals surface area contributed by atoms with Gasteiger partial charge in [-0.25, -0.2) is 0 Å². The molecule has 2 aromatic carbocycles. The van der Waals surface area contributed by atoms with E-state index in [1.807, 2.05) is 43.3 Å². The molecule has 144 valence electrons. The third-order valence-electron chi connectivity index (χ3n) is 4.72. The second-order valence-corrected chi connectivity index (χ2v) is 7.60. The zero-order valence-corrected chi connectivity index (χ0v) is 16.9. The highest BCUT2D eigenvalue weighted by molar-refractivity contribution is 6.35. The molecule has 0 spiro atoms. The number of carbonyl (C=O) groups is 1. The lowest BCUT2D eigenvalue weighted by atomic mass is 9.96. The second-order valence-electron chi connectivity index (χ2n) is 6.76. The standard InChI is InChI=1S/C21H24Cl2N2O2/c1-2-27-19-9-7-18(8-10-19)24-21(26)16-4-3-11-25(14-16)13-15-5-6-17(22)12-20(15)23/h5-10,12,16H,2-4,11,13-14H2,1H3,(H,24,26)/t16-/m1/s1. The summed E-state index contributed by atoms with van der Waals surface area (Å²) in [6.45, 7) is 4.99. The first-order valence-electron chi connectivity index (χ1n) is 9.25. The quantitative estimate of drug-likeness (QED) is 0.712. The number of ether oxygens (including phenoxy) is 1. The number of hydrogen-bond acceptors (Lipinski definition) is 3. The fourth-order valence-electron chi connectivity index (χ4n) is 3.35. The van der Waals surface area contributed by atoms with E-state index in [1.165, 1.54) is 0 Å². The first-order chi connectivity index (χ1) is 13.0. The van der Waals surface area contributed by atoms with E-state index in [0.717, 1.165) is 49.5 Å². The molecule has 4 nitrogen and oxygen atoms in total. The third-order valence-corrected chi connectivity index (χ3v) is 5.31. The summed E-state index contributed by atoms with van der Waals surface area (Å²) in [4.78, 5) is 15.0. The van der Waals surface area contributed by atoms with E-state index in [1.54, 1.807) is 6.07 Å². The fraction of sp³-hybridized carbons (Fsp3) is 0.381. The first-order valence-corrected chi connectivity index (χ1v) is 10.0. The third kappa shape index (κ3) is 5.61. The Hall–Kier alpha value is -1.75. The van der Waals surface area contributed by atoms with Gasteiger partial charge < -0.3 is 10.1 Å². The molecule has 0 aliphatic carbocycles. The first kappa shape index (κ1) is 20.0. The summed E-state index contributed by atoms with van der Waals surface area (Å²) in [5.41, 5.74) is 1.83. The maximum Gasteiger partial charge on any atom is 0.228 e. The molecule has 1 atom stereocenters. The molecule has 3 rings (SSSR count). The number of hydrogen-bond donors (Lipinski definition) is 1. The minimum Gasteiger partial charge on any atom is -0.494 e. The second kappa shape index (κ2) is 9.45. The molecule has 1 amide bonds. The highest BCUT2D eigenvalue weighted by Crippen LogP contribution is 2.25. The van der Waals surface area contributed by atoms with Crippen LogP contribution in [0.25, 0.3) is 0 Å². The largest absolute Gasteiger partial charge is 0.494 e. The lowest BCUT2D eigenvalue weighted by molar-refractivity contribution is -0.121. The Morgan fingerprint density at radius 1 is 1.22 bits per heavy atom. The molecular formula is C21H24Cl2N2O2. The van der Waals surface area contributed by atoms with Gasteiger partial charge in [0.25, 0.3) is 0 Å². The van der Waals surface area contributed by atoms with Crippen molar-refractivity contribution in [2.24, 2.45) is 5.92 Å². The van der Waals surface area contributed by atoms with Gasteiger partial charge in [-0.1, -0.05) is 29.3 Å². The van der Waals surface area contributed by atoms with Crippen LogP contribution in [0.3, 0.4) is 0 Å². The number of nitrogens with zero attached hydrogens (tertiary/aromatic N) is 1. The summed E-state index contributed by atoms with van der Waals surface area (Å²) < 4.78 is 5.43. The molecule has 27 heavy (non-hydrogen) atoms. The molecule has 1 aliphatic heterocycles. The Morgan fingerprint density at radius 2 is 2.00 bits per heavy atom. The van der Waals surface area contributed by atoms with Crippen molar-refractivity contribution in [2.75, 3.05) is 25.0 Å². The molecule has 1 heterocycles. The number of benzene rings is 2. The number of halogens is 2. The normalized spacial score (nSPS) is 17.5. The van der Waals surface area contributed by atoms with Crippen LogP contribution in [0.2, 0.25) is 10.0 Å². The lowest BCUT2D eigenvalue weighted by Crippen LogP contribution is -2.40. The maximum atomic E-state index is 12.7. The zero-order valence-electron chi connectivity index (χ0n) is 15.4. The summed E-state index contributed by atoms with van der Waals surface area (Å²) in [7, 11) is 0. The number of rotatable bonds is 6. The van der Waals surface area contributed by atoms with E-state index >= 15 is 0 Å². The van der Waals surface area contributed by atoms with Gasteiger partial charge in [-0.2, -0.15) is 0 Å². The Labute approximate surface area is 170 Å². The number of carbonyl (C=O) groups excluding carboxylic acids is 1. The molecule has 0 saturated carbocycles. The SMILES string of the molecule is CCOc1ccc(NC(=O)[C@@H]2CCCN(Cc3ccc(Cl)cc3Cl)C2)cc1. The van der Waals surface area contributed by atoms with Crippen LogP contribution >= 0.6 is 23.2 Å². The number of piperidine rings is 1. The molecular weight excluding hydrogens is 383 g/mol. The van der Waals surface area contributed by atoms with E-state index < -0.39 is 0 Å². The van der Waals surface area contributed by atoms with Gasteiger partial charge in [-0.05, 0) is 68.3 Å². The molecule has 0 bridgehead atoms. The molecule has 1 saturated heterocycles. The number of amides is 1. The van der Waals surface area contributed by atoms with E-state index in [4.69, 9.17) is 27.9 Å². The smallest absolute Gasteiger partial charge is 0.228 e. The highest BCUT2D eigenvalue weighted by atomic mass is 35.5. The summed E-state index contributed by atoms with van der Waals surface area (Å²) >= 11 is 12.3. The van der Waals surface area contributed by atoms with Crippen LogP contribution in [-0.2, 0) is 11.3 Å². The number of nitrogens with one attached hydrogen (secondary N) is 1. The van der Waals surface area contributed by atoms with Gasteiger partial charge in [-0.3, -0.25) is 9.69 Å². The van der Waals surface area contributed by atoms with E-state index in [-0.39, 0.29) is 11.8 Å². The van der Waals surface area contributed by atoms with Crippen LogP contribution in [0.1, 0.15) is 25.3 Å². The monoisotopic (exact) mass is 406 g/mol. The Balaban J connectivity index is 1.57. The van der Waals surface area contributed by atoms with Gasteiger partial charge in [0.15, 0.2) is 0 Å². The molecule has 6 heteroatoms. The summed E-state index contributed by atoms with van der Waals surface area (Å²) in [6, 6.07) is 13.0. The molecule has 0 unspecified atom stereocenters. The highest BCUT2D eigenvalue weighted by Gasteiger charge is 2.26. The number of anilines is 1.